The molecule has 0 bridgehead atoms. The smallest absolute Gasteiger partial charge is 0.155 e. The molecule has 0 N–H and O–H groups in total. The summed E-state index contributed by atoms with van der Waals surface area (Å²) in [6.45, 7) is 12.0. The minimum absolute atomic E-state index is 0.00175. The number of nitrogens with zero attached hydrogens (tertiary/aromatic N) is 1. The van der Waals surface area contributed by atoms with E-state index >= 15 is 0 Å². The Labute approximate surface area is 211 Å². The monoisotopic (exact) mass is 485 g/mol. The van der Waals surface area contributed by atoms with Crippen LogP contribution in [0.3, 0.4) is 0 Å². The molecule has 6 aliphatic rings. The number of halogens is 1. The van der Waals surface area contributed by atoms with Crippen LogP contribution < -0.4 is 0 Å². The first-order chi connectivity index (χ1) is 16.3. The molecule has 4 heteroatoms. The SMILES string of the molecule is CC1=C2C[C@H]3C(CCC4=CC(=O)CCC43C)[C@@H]2CC[C@@]2(C1)O[C@@H]1CC(C)CN(CCCl)[C@H]1[C@H]2C. The lowest BCUT2D eigenvalue weighted by molar-refractivity contribution is -0.116. The van der Waals surface area contributed by atoms with Crippen LogP contribution in [0.5, 0.6) is 0 Å². The van der Waals surface area contributed by atoms with Crippen molar-refractivity contribution in [2.75, 3.05) is 19.0 Å². The fraction of sp³-hybridized carbons (Fsp3) is 0.833. The molecular formula is C30H44ClNO2. The topological polar surface area (TPSA) is 29.5 Å². The van der Waals surface area contributed by atoms with E-state index in [0.717, 1.165) is 50.0 Å². The summed E-state index contributed by atoms with van der Waals surface area (Å²) < 4.78 is 7.16. The van der Waals surface area contributed by atoms with Gasteiger partial charge in [-0.2, -0.15) is 0 Å². The number of rotatable bonds is 2. The second-order valence-electron chi connectivity index (χ2n) is 13.2. The highest BCUT2D eigenvalue weighted by atomic mass is 35.5. The predicted octanol–water partition coefficient (Wildman–Crippen LogP) is 6.55. The van der Waals surface area contributed by atoms with Gasteiger partial charge in [0.2, 0.25) is 0 Å². The quantitative estimate of drug-likeness (QED) is 0.328. The predicted molar refractivity (Wildman–Crippen MR) is 138 cm³/mol. The van der Waals surface area contributed by atoms with Crippen LogP contribution in [0.1, 0.15) is 85.5 Å². The maximum absolute atomic E-state index is 12.2. The molecule has 3 nitrogen and oxygen atoms in total. The molecule has 3 unspecified atom stereocenters. The Bertz CT molecular complexity index is 925. The van der Waals surface area contributed by atoms with Gasteiger partial charge in [-0.05, 0) is 93.5 Å². The molecule has 0 aromatic carbocycles. The largest absolute Gasteiger partial charge is 0.369 e. The van der Waals surface area contributed by atoms with Gasteiger partial charge < -0.3 is 4.74 Å². The van der Waals surface area contributed by atoms with Gasteiger partial charge in [0, 0.05) is 37.4 Å². The van der Waals surface area contributed by atoms with E-state index in [1.165, 1.54) is 44.2 Å². The van der Waals surface area contributed by atoms with E-state index < -0.39 is 0 Å². The zero-order valence-electron chi connectivity index (χ0n) is 21.7. The van der Waals surface area contributed by atoms with Crippen LogP contribution in [0.2, 0.25) is 0 Å². The summed E-state index contributed by atoms with van der Waals surface area (Å²) in [7, 11) is 0. The number of hydrogen-bond acceptors (Lipinski definition) is 3. The highest BCUT2D eigenvalue weighted by molar-refractivity contribution is 6.18. The number of alkyl halides is 1. The molecule has 0 amide bonds. The van der Waals surface area contributed by atoms with Gasteiger partial charge in [-0.3, -0.25) is 9.69 Å². The van der Waals surface area contributed by atoms with Gasteiger partial charge in [-0.25, -0.2) is 0 Å². The van der Waals surface area contributed by atoms with E-state index in [-0.39, 0.29) is 11.0 Å². The van der Waals surface area contributed by atoms with Crippen molar-refractivity contribution in [1.29, 1.82) is 0 Å². The Morgan fingerprint density at radius 3 is 2.82 bits per heavy atom. The molecule has 0 aromatic rings. The molecule has 6 rings (SSSR count). The van der Waals surface area contributed by atoms with Gasteiger partial charge in [0.1, 0.15) is 0 Å². The number of piperidine rings is 1. The molecule has 34 heavy (non-hydrogen) atoms. The summed E-state index contributed by atoms with van der Waals surface area (Å²) in [4.78, 5) is 14.8. The lowest BCUT2D eigenvalue weighted by Gasteiger charge is -2.48. The first kappa shape index (κ1) is 23.7. The second-order valence-corrected chi connectivity index (χ2v) is 13.6. The van der Waals surface area contributed by atoms with Crippen molar-refractivity contribution in [2.24, 2.45) is 35.0 Å². The third-order valence-corrected chi connectivity index (χ3v) is 11.7. The number of ketones is 1. The van der Waals surface area contributed by atoms with E-state index in [2.05, 4.69) is 32.6 Å². The fourth-order valence-corrected chi connectivity index (χ4v) is 10.1. The molecular weight excluding hydrogens is 442 g/mol. The van der Waals surface area contributed by atoms with Crippen LogP contribution >= 0.6 is 11.6 Å². The van der Waals surface area contributed by atoms with Crippen molar-refractivity contribution in [2.45, 2.75) is 103 Å². The van der Waals surface area contributed by atoms with Gasteiger partial charge in [0.15, 0.2) is 5.78 Å². The molecule has 1 spiro atoms. The third-order valence-electron chi connectivity index (χ3n) is 11.5. The molecule has 2 aliphatic heterocycles. The average Bonchev–Trinajstić information content (AvgIpc) is 3.25. The molecule has 188 valence electrons. The summed E-state index contributed by atoms with van der Waals surface area (Å²) in [6, 6.07) is 0.527. The van der Waals surface area contributed by atoms with Crippen LogP contribution in [0.4, 0.5) is 0 Å². The van der Waals surface area contributed by atoms with Crippen LogP contribution in [0.15, 0.2) is 22.8 Å². The highest BCUT2D eigenvalue weighted by Gasteiger charge is 2.59. The second kappa shape index (κ2) is 8.45. The first-order valence-corrected chi connectivity index (χ1v) is 14.7. The Balaban J connectivity index is 1.29. The molecule has 4 fully saturated rings. The summed E-state index contributed by atoms with van der Waals surface area (Å²) in [5.74, 6) is 4.57. The number of allylic oxidation sites excluding steroid dienone is 3. The van der Waals surface area contributed by atoms with Crippen LogP contribution in [0, 0.1) is 35.0 Å². The van der Waals surface area contributed by atoms with E-state index in [1.807, 2.05) is 6.08 Å². The van der Waals surface area contributed by atoms with Crippen LogP contribution in [0.25, 0.3) is 0 Å². The average molecular weight is 486 g/mol. The lowest BCUT2D eigenvalue weighted by Crippen LogP contribution is -2.52. The van der Waals surface area contributed by atoms with Gasteiger partial charge in [-0.1, -0.05) is 37.5 Å². The van der Waals surface area contributed by atoms with Crippen molar-refractivity contribution in [3.8, 4) is 0 Å². The van der Waals surface area contributed by atoms with E-state index in [0.29, 0.717) is 35.6 Å². The summed E-state index contributed by atoms with van der Waals surface area (Å²) >= 11 is 6.23. The molecule has 9 atom stereocenters. The number of carbonyl (C=O) groups is 1. The Kier molecular flexibility index (Phi) is 5.90. The molecule has 2 saturated heterocycles. The zero-order valence-corrected chi connectivity index (χ0v) is 22.5. The maximum atomic E-state index is 12.2. The van der Waals surface area contributed by atoms with Gasteiger partial charge in [-0.15, -0.1) is 11.6 Å². The first-order valence-electron chi connectivity index (χ1n) is 14.2. The van der Waals surface area contributed by atoms with Crippen molar-refractivity contribution in [3.63, 3.8) is 0 Å². The van der Waals surface area contributed by atoms with Crippen LogP contribution in [-0.4, -0.2) is 47.4 Å². The fourth-order valence-electron chi connectivity index (χ4n) is 9.87. The van der Waals surface area contributed by atoms with Crippen molar-refractivity contribution < 1.29 is 9.53 Å². The summed E-state index contributed by atoms with van der Waals surface area (Å²) in [5.41, 5.74) is 5.14. The zero-order chi connectivity index (χ0) is 23.8. The minimum atomic E-state index is 0.00175. The molecule has 0 radical (unpaired) electrons. The van der Waals surface area contributed by atoms with Gasteiger partial charge >= 0.3 is 0 Å². The number of fused-ring (bicyclic) bond motifs is 6. The minimum Gasteiger partial charge on any atom is -0.369 e. The Morgan fingerprint density at radius 1 is 1.21 bits per heavy atom. The van der Waals surface area contributed by atoms with Crippen molar-refractivity contribution in [1.82, 2.24) is 4.90 Å². The summed E-state index contributed by atoms with van der Waals surface area (Å²) in [5, 5.41) is 0. The molecule has 0 aromatic heterocycles. The van der Waals surface area contributed by atoms with Gasteiger partial charge in [0.05, 0.1) is 11.7 Å². The molecule has 2 saturated carbocycles. The number of likely N-dealkylation sites (tertiary alicyclic amines) is 1. The van der Waals surface area contributed by atoms with E-state index in [9.17, 15) is 4.79 Å². The number of carbonyl (C=O) groups excluding carboxylic acids is 1. The normalized spacial score (nSPS) is 48.8. The van der Waals surface area contributed by atoms with E-state index in [1.54, 1.807) is 11.1 Å². The van der Waals surface area contributed by atoms with Crippen molar-refractivity contribution in [3.05, 3.63) is 22.8 Å². The number of ether oxygens (including phenoxy) is 1. The third kappa shape index (κ3) is 3.46. The Morgan fingerprint density at radius 2 is 2.03 bits per heavy atom. The van der Waals surface area contributed by atoms with Crippen LogP contribution in [-0.2, 0) is 9.53 Å². The summed E-state index contributed by atoms with van der Waals surface area (Å²) in [6.07, 6.45) is 12.7. The standard InChI is InChI=1S/C30H44ClNO2/c1-18-13-27-28(32(17-18)12-11-31)20(3)30(34-27)10-8-23-24-6-5-21-14-22(33)7-9-29(21,4)26(24)15-25(23)19(2)16-30/h14,18,20,23-24,26-28H,5-13,15-17H2,1-4H3/t18?,20-,23+,24?,26+,27-,28+,29?,30+/m1/s1. The lowest BCUT2D eigenvalue weighted by atomic mass is 9.56. The molecule has 4 aliphatic carbocycles. The van der Waals surface area contributed by atoms with Crippen molar-refractivity contribution >= 4 is 17.4 Å². The number of hydrogen-bond donors (Lipinski definition) is 0. The molecule has 2 heterocycles. The van der Waals surface area contributed by atoms with Gasteiger partial charge in [0.25, 0.3) is 0 Å². The van der Waals surface area contributed by atoms with E-state index in [4.69, 9.17) is 16.3 Å². The highest BCUT2D eigenvalue weighted by Crippen LogP contribution is 2.64. The maximum Gasteiger partial charge on any atom is 0.155 e. The Hall–Kier alpha value is -0.640.